The van der Waals surface area contributed by atoms with Crippen molar-refractivity contribution in [2.24, 2.45) is 10.7 Å². The third kappa shape index (κ3) is 9.78. The van der Waals surface area contributed by atoms with Gasteiger partial charge in [-0.2, -0.15) is 0 Å². The van der Waals surface area contributed by atoms with E-state index in [4.69, 9.17) is 10.5 Å². The number of alkyl carbamates (subject to hydrolysis) is 1. The fourth-order valence-electron chi connectivity index (χ4n) is 4.88. The van der Waals surface area contributed by atoms with Crippen LogP contribution in [0.1, 0.15) is 60.2 Å². The summed E-state index contributed by atoms with van der Waals surface area (Å²) in [6, 6.07) is 21.4. The Kier molecular flexibility index (Phi) is 12.0. The summed E-state index contributed by atoms with van der Waals surface area (Å²) in [7, 11) is 0. The molecule has 0 saturated heterocycles. The molecule has 0 unspecified atom stereocenters. The smallest absolute Gasteiger partial charge is 0.407 e. The average Bonchev–Trinajstić information content (AvgIpc) is 3.23. The third-order valence-corrected chi connectivity index (χ3v) is 7.09. The Morgan fingerprint density at radius 2 is 1.63 bits per heavy atom. The summed E-state index contributed by atoms with van der Waals surface area (Å²) >= 11 is 0. The average molecular weight is 625 g/mol. The molecule has 46 heavy (non-hydrogen) atoms. The number of nitrogens with two attached hydrogens (primary N) is 1. The second kappa shape index (κ2) is 16.6. The zero-order chi connectivity index (χ0) is 32.9. The van der Waals surface area contributed by atoms with Crippen LogP contribution in [0.5, 0.6) is 0 Å². The van der Waals surface area contributed by atoms with Crippen molar-refractivity contribution in [1.82, 2.24) is 15.5 Å². The fourth-order valence-corrected chi connectivity index (χ4v) is 4.88. The van der Waals surface area contributed by atoms with E-state index >= 15 is 0 Å². The first-order chi connectivity index (χ1) is 22.2. The van der Waals surface area contributed by atoms with Crippen molar-refractivity contribution in [3.63, 3.8) is 0 Å². The molecule has 1 heterocycles. The molecule has 11 heteroatoms. The van der Waals surface area contributed by atoms with E-state index in [1.54, 1.807) is 36.4 Å². The van der Waals surface area contributed by atoms with Crippen LogP contribution in [0.15, 0.2) is 83.4 Å². The van der Waals surface area contributed by atoms with Gasteiger partial charge in [-0.1, -0.05) is 62.4 Å². The van der Waals surface area contributed by atoms with Gasteiger partial charge in [-0.05, 0) is 54.3 Å². The Hall–Kier alpha value is -5.45. The highest BCUT2D eigenvalue weighted by molar-refractivity contribution is 6.08. The highest BCUT2D eigenvalue weighted by atomic mass is 16.5. The molecule has 4 amide bonds. The lowest BCUT2D eigenvalue weighted by atomic mass is 10.0. The number of ether oxygens (including phenoxy) is 1. The van der Waals surface area contributed by atoms with E-state index in [9.17, 15) is 19.2 Å². The minimum absolute atomic E-state index is 0.0507. The minimum atomic E-state index is -0.689. The van der Waals surface area contributed by atoms with Gasteiger partial charge >= 0.3 is 6.09 Å². The van der Waals surface area contributed by atoms with Gasteiger partial charge in [0.1, 0.15) is 19.0 Å². The summed E-state index contributed by atoms with van der Waals surface area (Å²) in [5, 5.41) is 8.04. The van der Waals surface area contributed by atoms with Gasteiger partial charge in [0.05, 0.1) is 5.69 Å². The summed E-state index contributed by atoms with van der Waals surface area (Å²) in [5.74, 6) is -0.487. The van der Waals surface area contributed by atoms with E-state index in [1.165, 1.54) is 0 Å². The van der Waals surface area contributed by atoms with Gasteiger partial charge in [-0.3, -0.25) is 14.4 Å². The van der Waals surface area contributed by atoms with E-state index in [2.05, 4.69) is 20.9 Å². The number of carbonyl (C=O) groups is 4. The van der Waals surface area contributed by atoms with Crippen LogP contribution in [0.25, 0.3) is 6.08 Å². The van der Waals surface area contributed by atoms with E-state index in [0.717, 1.165) is 24.0 Å². The van der Waals surface area contributed by atoms with Crippen LogP contribution >= 0.6 is 0 Å². The molecule has 0 radical (unpaired) electrons. The second-order valence-electron chi connectivity index (χ2n) is 10.9. The molecular formula is C35H40N6O5. The van der Waals surface area contributed by atoms with Crippen LogP contribution in [-0.4, -0.2) is 54.2 Å². The first-order valence-electron chi connectivity index (χ1n) is 15.3. The van der Waals surface area contributed by atoms with Gasteiger partial charge in [-0.15, -0.1) is 0 Å². The number of amidine groups is 1. The van der Waals surface area contributed by atoms with Crippen LogP contribution in [0.3, 0.4) is 0 Å². The lowest BCUT2D eigenvalue weighted by Crippen LogP contribution is -2.36. The summed E-state index contributed by atoms with van der Waals surface area (Å²) in [4.78, 5) is 56.9. The second-order valence-corrected chi connectivity index (χ2v) is 10.9. The van der Waals surface area contributed by atoms with Gasteiger partial charge < -0.3 is 31.3 Å². The molecule has 3 aromatic rings. The fraction of sp³-hybridized carbons (Fsp3) is 0.286. The summed E-state index contributed by atoms with van der Waals surface area (Å²) in [5.41, 5.74) is 10.5. The maximum Gasteiger partial charge on any atom is 0.407 e. The summed E-state index contributed by atoms with van der Waals surface area (Å²) in [6.45, 7) is 5.48. The highest BCUT2D eigenvalue weighted by Gasteiger charge is 2.21. The number of hydrogen-bond acceptors (Lipinski definition) is 7. The molecule has 5 N–H and O–H groups in total. The zero-order valence-corrected chi connectivity index (χ0v) is 26.2. The Balaban J connectivity index is 1.32. The van der Waals surface area contributed by atoms with Crippen molar-refractivity contribution in [3.05, 3.63) is 101 Å². The van der Waals surface area contributed by atoms with Crippen molar-refractivity contribution >= 4 is 47.1 Å². The molecule has 1 aliphatic heterocycles. The first kappa shape index (κ1) is 33.4. The summed E-state index contributed by atoms with van der Waals surface area (Å²) in [6.07, 6.45) is 3.07. The molecule has 11 nitrogen and oxygen atoms in total. The van der Waals surface area contributed by atoms with Crippen molar-refractivity contribution in [1.29, 1.82) is 0 Å². The number of nitrogens with one attached hydrogen (secondary N) is 3. The van der Waals surface area contributed by atoms with Gasteiger partial charge in [0.25, 0.3) is 5.91 Å². The number of carbonyl (C=O) groups excluding carboxylic acids is 4. The lowest BCUT2D eigenvalue weighted by molar-refractivity contribution is -0.127. The van der Waals surface area contributed by atoms with Crippen molar-refractivity contribution in [3.8, 4) is 0 Å². The molecule has 0 saturated carbocycles. The molecule has 240 valence electrons. The van der Waals surface area contributed by atoms with E-state index in [1.807, 2.05) is 61.2 Å². The molecule has 0 aliphatic carbocycles. The normalized spacial score (nSPS) is 12.0. The number of fused-ring (bicyclic) bond motifs is 1. The van der Waals surface area contributed by atoms with E-state index < -0.39 is 12.0 Å². The number of anilines is 1. The van der Waals surface area contributed by atoms with Crippen molar-refractivity contribution in [2.45, 2.75) is 46.3 Å². The van der Waals surface area contributed by atoms with Crippen LogP contribution in [-0.2, 0) is 27.5 Å². The number of rotatable bonds is 13. The third-order valence-electron chi connectivity index (χ3n) is 7.09. The van der Waals surface area contributed by atoms with Crippen LogP contribution < -0.4 is 21.7 Å². The number of amides is 4. The Morgan fingerprint density at radius 3 is 2.37 bits per heavy atom. The molecule has 0 aromatic heterocycles. The molecular weight excluding hydrogens is 584 g/mol. The topological polar surface area (TPSA) is 155 Å². The number of benzene rings is 3. The Morgan fingerprint density at radius 1 is 0.891 bits per heavy atom. The van der Waals surface area contributed by atoms with Gasteiger partial charge in [0, 0.05) is 48.4 Å². The molecule has 3 aromatic carbocycles. The molecule has 0 atom stereocenters. The monoisotopic (exact) mass is 624 g/mol. The number of hydrogen-bond donors (Lipinski definition) is 4. The van der Waals surface area contributed by atoms with Crippen LogP contribution in [0.4, 0.5) is 16.2 Å². The predicted molar refractivity (Wildman–Crippen MR) is 178 cm³/mol. The molecule has 4 rings (SSSR count). The maximum atomic E-state index is 13.2. The highest BCUT2D eigenvalue weighted by Crippen LogP contribution is 2.29. The molecule has 0 bridgehead atoms. The zero-order valence-electron chi connectivity index (χ0n) is 26.2. The van der Waals surface area contributed by atoms with Crippen molar-refractivity contribution < 1.29 is 23.9 Å². The predicted octanol–water partition coefficient (Wildman–Crippen LogP) is 4.91. The van der Waals surface area contributed by atoms with Gasteiger partial charge in [0.2, 0.25) is 11.8 Å². The van der Waals surface area contributed by atoms with Crippen LogP contribution in [0.2, 0.25) is 0 Å². The van der Waals surface area contributed by atoms with Gasteiger partial charge in [-0.25, -0.2) is 9.79 Å². The van der Waals surface area contributed by atoms with E-state index in [-0.39, 0.29) is 37.9 Å². The molecule has 1 aliphatic rings. The number of aliphatic imine (C=N–C) groups is 1. The number of nitrogens with zero attached hydrogens (tertiary/aromatic N) is 2. The standard InChI is InChI=1S/C35H40N6O5/c1-3-15-41(16-4-2)34(44)28-18-26-13-14-27(19-30(26)40-31(36)20-28)33(43)39-29-12-8-11-25(17-29)21-37-32(42)22-38-35(45)46-23-24-9-6-5-7-10-24/h5-14,17-19H,3-4,15-16,20-23H2,1-2H3,(H2,36,40)(H,37,42)(H,38,45)(H,39,43). The molecule has 0 fully saturated rings. The van der Waals surface area contributed by atoms with Crippen molar-refractivity contribution in [2.75, 3.05) is 25.0 Å². The quantitative estimate of drug-likeness (QED) is 0.212. The Bertz CT molecular complexity index is 1610. The van der Waals surface area contributed by atoms with E-state index in [0.29, 0.717) is 47.0 Å². The largest absolute Gasteiger partial charge is 0.445 e. The lowest BCUT2D eigenvalue weighted by Gasteiger charge is -2.22. The Labute approximate surface area is 268 Å². The SMILES string of the molecule is CCCN(CCC)C(=O)C1=Cc2ccc(C(=O)Nc3cccc(CNC(=O)CNC(=O)OCc4ccccc4)c3)cc2N=C(N)C1. The summed E-state index contributed by atoms with van der Waals surface area (Å²) < 4.78 is 5.11. The first-order valence-corrected chi connectivity index (χ1v) is 15.3. The van der Waals surface area contributed by atoms with Gasteiger partial charge in [0.15, 0.2) is 0 Å². The maximum absolute atomic E-state index is 13.2. The van der Waals surface area contributed by atoms with Crippen LogP contribution in [0, 0.1) is 0 Å². The molecule has 0 spiro atoms. The minimum Gasteiger partial charge on any atom is -0.445 e.